The van der Waals surface area contributed by atoms with E-state index < -0.39 is 0 Å². The smallest absolute Gasteiger partial charge is 0.131 e. The van der Waals surface area contributed by atoms with Gasteiger partial charge in [0.1, 0.15) is 11.6 Å². The van der Waals surface area contributed by atoms with E-state index in [1.807, 2.05) is 12.1 Å². The molecular formula is C31H45FO. The molecule has 0 heterocycles. The molecule has 182 valence electrons. The summed E-state index contributed by atoms with van der Waals surface area (Å²) in [7, 11) is 0. The average molecular weight is 453 g/mol. The van der Waals surface area contributed by atoms with E-state index >= 15 is 4.39 Å². The summed E-state index contributed by atoms with van der Waals surface area (Å²) < 4.78 is 22.0. The predicted octanol–water partition coefficient (Wildman–Crippen LogP) is 9.29. The van der Waals surface area contributed by atoms with Crippen molar-refractivity contribution >= 4 is 0 Å². The Morgan fingerprint density at radius 2 is 1.52 bits per heavy atom. The quantitative estimate of drug-likeness (QED) is 0.349. The van der Waals surface area contributed by atoms with Gasteiger partial charge in [0, 0.05) is 5.56 Å². The summed E-state index contributed by atoms with van der Waals surface area (Å²) in [6.07, 6.45) is 9.82. The number of benzene rings is 2. The molecule has 2 aromatic carbocycles. The Morgan fingerprint density at radius 3 is 2.06 bits per heavy atom. The summed E-state index contributed by atoms with van der Waals surface area (Å²) in [5, 5.41) is 0. The standard InChI is InChI=1S/C31H45FO/c1-7-22(8-2)20-33-31-23(9-3)18-29(26(10-4)27(31)11-5)28-17-16-25(19-30(28)32)24-14-12-21(6)13-15-24/h16-19,21-22,24H,7-15,20H2,1-6H3. The van der Waals surface area contributed by atoms with Crippen LogP contribution in [0, 0.1) is 17.7 Å². The second kappa shape index (κ2) is 12.0. The molecule has 0 atom stereocenters. The van der Waals surface area contributed by atoms with Crippen molar-refractivity contribution in [1.29, 1.82) is 0 Å². The van der Waals surface area contributed by atoms with Crippen LogP contribution < -0.4 is 4.74 Å². The van der Waals surface area contributed by atoms with E-state index in [1.165, 1.54) is 47.9 Å². The second-order valence-corrected chi connectivity index (χ2v) is 10.1. The summed E-state index contributed by atoms with van der Waals surface area (Å²) >= 11 is 0. The topological polar surface area (TPSA) is 9.23 Å². The molecule has 0 N–H and O–H groups in total. The van der Waals surface area contributed by atoms with Gasteiger partial charge < -0.3 is 4.74 Å². The monoisotopic (exact) mass is 452 g/mol. The van der Waals surface area contributed by atoms with Crippen LogP contribution in [0.15, 0.2) is 24.3 Å². The summed E-state index contributed by atoms with van der Waals surface area (Å²) in [6.45, 7) is 14.1. The summed E-state index contributed by atoms with van der Waals surface area (Å²) in [6, 6.07) is 8.26. The number of ether oxygens (including phenoxy) is 1. The summed E-state index contributed by atoms with van der Waals surface area (Å²) in [5.74, 6) is 2.88. The fraction of sp³-hybridized carbons (Fsp3) is 0.613. The highest BCUT2D eigenvalue weighted by Gasteiger charge is 2.23. The highest BCUT2D eigenvalue weighted by molar-refractivity contribution is 5.73. The third-order valence-corrected chi connectivity index (χ3v) is 8.05. The first-order valence-corrected chi connectivity index (χ1v) is 13.6. The van der Waals surface area contributed by atoms with Crippen LogP contribution in [0.2, 0.25) is 0 Å². The fourth-order valence-corrected chi connectivity index (χ4v) is 5.60. The lowest BCUT2D eigenvalue weighted by molar-refractivity contribution is 0.236. The molecule has 0 aliphatic heterocycles. The van der Waals surface area contributed by atoms with Crippen molar-refractivity contribution in [2.24, 2.45) is 11.8 Å². The van der Waals surface area contributed by atoms with Gasteiger partial charge in [0.05, 0.1) is 6.61 Å². The van der Waals surface area contributed by atoms with Crippen LogP contribution in [-0.4, -0.2) is 6.61 Å². The predicted molar refractivity (Wildman–Crippen MR) is 140 cm³/mol. The lowest BCUT2D eigenvalue weighted by Gasteiger charge is -2.27. The zero-order valence-corrected chi connectivity index (χ0v) is 21.9. The molecule has 1 fully saturated rings. The van der Waals surface area contributed by atoms with Gasteiger partial charge in [0.2, 0.25) is 0 Å². The molecule has 0 radical (unpaired) electrons. The summed E-state index contributed by atoms with van der Waals surface area (Å²) in [5.41, 5.74) is 6.69. The maximum atomic E-state index is 15.6. The highest BCUT2D eigenvalue weighted by Crippen LogP contribution is 2.40. The van der Waals surface area contributed by atoms with Gasteiger partial charge in [0.25, 0.3) is 0 Å². The van der Waals surface area contributed by atoms with E-state index in [4.69, 9.17) is 4.74 Å². The van der Waals surface area contributed by atoms with Crippen LogP contribution in [0.4, 0.5) is 4.39 Å². The number of rotatable bonds is 10. The van der Waals surface area contributed by atoms with Crippen molar-refractivity contribution in [3.05, 3.63) is 52.3 Å². The van der Waals surface area contributed by atoms with E-state index in [1.54, 1.807) is 0 Å². The molecule has 0 aromatic heterocycles. The zero-order chi connectivity index (χ0) is 24.0. The molecule has 0 unspecified atom stereocenters. The van der Waals surface area contributed by atoms with Gasteiger partial charge in [-0.15, -0.1) is 0 Å². The van der Waals surface area contributed by atoms with Gasteiger partial charge in [-0.2, -0.15) is 0 Å². The van der Waals surface area contributed by atoms with Gasteiger partial charge in [-0.25, -0.2) is 4.39 Å². The van der Waals surface area contributed by atoms with Crippen LogP contribution >= 0.6 is 0 Å². The van der Waals surface area contributed by atoms with E-state index in [0.29, 0.717) is 11.8 Å². The van der Waals surface area contributed by atoms with Crippen molar-refractivity contribution < 1.29 is 9.13 Å². The van der Waals surface area contributed by atoms with Crippen molar-refractivity contribution in [3.8, 4) is 16.9 Å². The first-order chi connectivity index (χ1) is 16.0. The first kappa shape index (κ1) is 25.8. The minimum atomic E-state index is -0.0735. The van der Waals surface area contributed by atoms with Crippen molar-refractivity contribution in [1.82, 2.24) is 0 Å². The van der Waals surface area contributed by atoms with Crippen molar-refractivity contribution in [2.45, 2.75) is 105 Å². The molecule has 1 nitrogen and oxygen atoms in total. The van der Waals surface area contributed by atoms with Crippen LogP contribution in [0.25, 0.3) is 11.1 Å². The van der Waals surface area contributed by atoms with Crippen molar-refractivity contribution in [3.63, 3.8) is 0 Å². The molecule has 1 aliphatic rings. The van der Waals surface area contributed by atoms with E-state index in [0.717, 1.165) is 61.5 Å². The number of aryl methyl sites for hydroxylation is 1. The molecule has 0 saturated heterocycles. The molecule has 2 heteroatoms. The number of hydrogen-bond donors (Lipinski definition) is 0. The van der Waals surface area contributed by atoms with Gasteiger partial charge >= 0.3 is 0 Å². The van der Waals surface area contributed by atoms with Gasteiger partial charge in [-0.3, -0.25) is 0 Å². The third-order valence-electron chi connectivity index (χ3n) is 8.05. The maximum absolute atomic E-state index is 15.6. The summed E-state index contributed by atoms with van der Waals surface area (Å²) in [4.78, 5) is 0. The fourth-order valence-electron chi connectivity index (χ4n) is 5.60. The molecule has 0 spiro atoms. The van der Waals surface area contributed by atoms with E-state index in [2.05, 4.69) is 53.7 Å². The Balaban J connectivity index is 2.00. The van der Waals surface area contributed by atoms with Crippen LogP contribution in [0.1, 0.15) is 108 Å². The van der Waals surface area contributed by atoms with Crippen LogP contribution in [0.3, 0.4) is 0 Å². The minimum Gasteiger partial charge on any atom is -0.493 e. The SMILES string of the molecule is CCc1cc(-c2ccc(C3CCC(C)CC3)cc2F)c(CC)c(CC)c1OCC(CC)CC. The zero-order valence-electron chi connectivity index (χ0n) is 21.9. The Bertz CT molecular complexity index is 904. The van der Waals surface area contributed by atoms with Gasteiger partial charge in [-0.1, -0.05) is 79.4 Å². The van der Waals surface area contributed by atoms with E-state index in [-0.39, 0.29) is 5.82 Å². The lowest BCUT2D eigenvalue weighted by atomic mass is 9.79. The van der Waals surface area contributed by atoms with E-state index in [9.17, 15) is 0 Å². The molecule has 33 heavy (non-hydrogen) atoms. The molecule has 3 rings (SSSR count). The molecule has 0 amide bonds. The minimum absolute atomic E-state index is 0.0735. The largest absolute Gasteiger partial charge is 0.493 e. The van der Waals surface area contributed by atoms with Crippen LogP contribution in [-0.2, 0) is 19.3 Å². The first-order valence-electron chi connectivity index (χ1n) is 13.6. The molecule has 1 aliphatic carbocycles. The molecule has 2 aromatic rings. The Hall–Kier alpha value is -1.83. The molecule has 0 bridgehead atoms. The Morgan fingerprint density at radius 1 is 0.848 bits per heavy atom. The highest BCUT2D eigenvalue weighted by atomic mass is 19.1. The second-order valence-electron chi connectivity index (χ2n) is 10.1. The Labute approximate surface area is 202 Å². The van der Waals surface area contributed by atoms with Gasteiger partial charge in [-0.05, 0) is 89.8 Å². The van der Waals surface area contributed by atoms with Crippen LogP contribution in [0.5, 0.6) is 5.75 Å². The number of hydrogen-bond acceptors (Lipinski definition) is 1. The normalized spacial score (nSPS) is 18.7. The maximum Gasteiger partial charge on any atom is 0.131 e. The van der Waals surface area contributed by atoms with Crippen molar-refractivity contribution in [2.75, 3.05) is 6.61 Å². The number of halogens is 1. The average Bonchev–Trinajstić information content (AvgIpc) is 2.84. The Kier molecular flexibility index (Phi) is 9.41. The molecular weight excluding hydrogens is 407 g/mol. The third kappa shape index (κ3) is 5.81. The van der Waals surface area contributed by atoms with Gasteiger partial charge in [0.15, 0.2) is 0 Å². The lowest BCUT2D eigenvalue weighted by Crippen LogP contribution is -2.13. The molecule has 1 saturated carbocycles.